The van der Waals surface area contributed by atoms with Gasteiger partial charge in [0, 0.05) is 5.56 Å². The SMILES string of the molecule is Cc1ccccc1C(=O)NNc1ncnc(NNC(=O)c2ccccc2Cl)c1N. The van der Waals surface area contributed by atoms with Crippen LogP contribution in [-0.2, 0) is 0 Å². The Bertz CT molecular complexity index is 978. The number of halogens is 1. The number of hydrogen-bond acceptors (Lipinski definition) is 7. The zero-order chi connectivity index (χ0) is 20.8. The molecule has 0 radical (unpaired) electrons. The predicted octanol–water partition coefficient (Wildman–Crippen LogP) is 2.53. The maximum atomic E-state index is 12.3. The van der Waals surface area contributed by atoms with Crippen molar-refractivity contribution in [3.8, 4) is 0 Å². The van der Waals surface area contributed by atoms with Crippen LogP contribution >= 0.6 is 11.6 Å². The van der Waals surface area contributed by atoms with Crippen LogP contribution in [0.15, 0.2) is 54.9 Å². The fourth-order valence-corrected chi connectivity index (χ4v) is 2.66. The summed E-state index contributed by atoms with van der Waals surface area (Å²) in [5.74, 6) is -0.497. The summed E-state index contributed by atoms with van der Waals surface area (Å²) < 4.78 is 0. The van der Waals surface area contributed by atoms with Gasteiger partial charge in [0.1, 0.15) is 12.0 Å². The van der Waals surface area contributed by atoms with Crippen LogP contribution in [0.25, 0.3) is 0 Å². The van der Waals surface area contributed by atoms with Gasteiger partial charge in [-0.2, -0.15) is 0 Å². The van der Waals surface area contributed by atoms with E-state index in [1.54, 1.807) is 36.4 Å². The molecule has 0 aliphatic rings. The number of carbonyl (C=O) groups excluding carboxylic acids is 2. The van der Waals surface area contributed by atoms with Gasteiger partial charge < -0.3 is 5.73 Å². The number of amides is 2. The summed E-state index contributed by atoms with van der Waals surface area (Å²) in [5, 5.41) is 0.309. The maximum absolute atomic E-state index is 12.3. The van der Waals surface area contributed by atoms with E-state index in [4.69, 9.17) is 17.3 Å². The molecule has 0 aliphatic carbocycles. The summed E-state index contributed by atoms with van der Waals surface area (Å²) in [6.07, 6.45) is 1.22. The third-order valence-electron chi connectivity index (χ3n) is 3.98. The Kier molecular flexibility index (Phi) is 6.10. The van der Waals surface area contributed by atoms with Crippen LogP contribution < -0.4 is 27.4 Å². The number of nitrogens with one attached hydrogen (secondary N) is 4. The lowest BCUT2D eigenvalue weighted by atomic mass is 10.1. The quantitative estimate of drug-likeness (QED) is 0.393. The number of anilines is 3. The third-order valence-corrected chi connectivity index (χ3v) is 4.31. The fourth-order valence-electron chi connectivity index (χ4n) is 2.43. The van der Waals surface area contributed by atoms with Gasteiger partial charge in [-0.3, -0.25) is 31.3 Å². The molecule has 1 heterocycles. The number of nitrogen functional groups attached to an aromatic ring is 1. The average molecular weight is 412 g/mol. The minimum Gasteiger partial charge on any atom is -0.393 e. The van der Waals surface area contributed by atoms with Crippen LogP contribution in [0.5, 0.6) is 0 Å². The molecule has 3 rings (SSSR count). The van der Waals surface area contributed by atoms with Crippen molar-refractivity contribution >= 4 is 40.7 Å². The van der Waals surface area contributed by atoms with Crippen molar-refractivity contribution in [2.75, 3.05) is 16.6 Å². The average Bonchev–Trinajstić information content (AvgIpc) is 2.72. The smallest absolute Gasteiger partial charge is 0.271 e. The molecule has 2 aromatic carbocycles. The zero-order valence-electron chi connectivity index (χ0n) is 15.4. The van der Waals surface area contributed by atoms with Crippen LogP contribution in [-0.4, -0.2) is 21.8 Å². The lowest BCUT2D eigenvalue weighted by molar-refractivity contribution is 0.0954. The van der Waals surface area contributed by atoms with E-state index in [0.29, 0.717) is 10.6 Å². The van der Waals surface area contributed by atoms with Crippen molar-refractivity contribution in [1.82, 2.24) is 20.8 Å². The van der Waals surface area contributed by atoms with Crippen molar-refractivity contribution in [1.29, 1.82) is 0 Å². The lowest BCUT2D eigenvalue weighted by Gasteiger charge is -2.14. The van der Waals surface area contributed by atoms with Gasteiger partial charge in [-0.15, -0.1) is 0 Å². The summed E-state index contributed by atoms with van der Waals surface area (Å²) in [6, 6.07) is 13.7. The summed E-state index contributed by atoms with van der Waals surface area (Å²) in [4.78, 5) is 32.5. The van der Waals surface area contributed by atoms with E-state index < -0.39 is 5.91 Å². The second-order valence-corrected chi connectivity index (χ2v) is 6.34. The van der Waals surface area contributed by atoms with E-state index in [2.05, 4.69) is 31.7 Å². The molecular formula is C19H18ClN7O2. The van der Waals surface area contributed by atoms with E-state index in [1.807, 2.05) is 19.1 Å². The van der Waals surface area contributed by atoms with Crippen molar-refractivity contribution in [2.45, 2.75) is 6.92 Å². The van der Waals surface area contributed by atoms with Gasteiger partial charge in [-0.1, -0.05) is 41.9 Å². The zero-order valence-corrected chi connectivity index (χ0v) is 16.1. The monoisotopic (exact) mass is 411 g/mol. The lowest BCUT2D eigenvalue weighted by Crippen LogP contribution is -2.32. The summed E-state index contributed by atoms with van der Waals surface area (Å²) in [6.45, 7) is 1.83. The highest BCUT2D eigenvalue weighted by Gasteiger charge is 2.13. The van der Waals surface area contributed by atoms with Crippen molar-refractivity contribution in [2.24, 2.45) is 0 Å². The van der Waals surface area contributed by atoms with Crippen LogP contribution in [0.2, 0.25) is 5.02 Å². The molecular weight excluding hydrogens is 394 g/mol. The molecule has 0 aliphatic heterocycles. The van der Waals surface area contributed by atoms with E-state index >= 15 is 0 Å². The van der Waals surface area contributed by atoms with Gasteiger partial charge in [0.25, 0.3) is 11.8 Å². The molecule has 0 unspecified atom stereocenters. The molecule has 0 bridgehead atoms. The van der Waals surface area contributed by atoms with Crippen molar-refractivity contribution < 1.29 is 9.59 Å². The van der Waals surface area contributed by atoms with Gasteiger partial charge in [0.15, 0.2) is 11.6 Å². The number of nitrogens with two attached hydrogens (primary N) is 1. The second-order valence-electron chi connectivity index (χ2n) is 5.94. The Morgan fingerprint density at radius 2 is 1.38 bits per heavy atom. The first-order chi connectivity index (χ1) is 14.0. The molecule has 0 fully saturated rings. The van der Waals surface area contributed by atoms with Crippen LogP contribution in [0.3, 0.4) is 0 Å². The summed E-state index contributed by atoms with van der Waals surface area (Å²) >= 11 is 6.00. The first kappa shape index (κ1) is 19.9. The van der Waals surface area contributed by atoms with Crippen molar-refractivity contribution in [3.63, 3.8) is 0 Å². The number of aryl methyl sites for hydroxylation is 1. The number of carbonyl (C=O) groups is 2. The largest absolute Gasteiger partial charge is 0.393 e. The number of nitrogens with zero attached hydrogens (tertiary/aromatic N) is 2. The Labute approximate surface area is 171 Å². The molecule has 29 heavy (non-hydrogen) atoms. The third kappa shape index (κ3) is 4.71. The second kappa shape index (κ2) is 8.89. The number of hydrogen-bond donors (Lipinski definition) is 5. The van der Waals surface area contributed by atoms with E-state index in [1.165, 1.54) is 6.33 Å². The molecule has 10 heteroatoms. The molecule has 6 N–H and O–H groups in total. The number of rotatable bonds is 6. The molecule has 1 aromatic heterocycles. The number of benzene rings is 2. The topological polar surface area (TPSA) is 134 Å². The van der Waals surface area contributed by atoms with Crippen molar-refractivity contribution in [3.05, 3.63) is 76.6 Å². The first-order valence-corrected chi connectivity index (χ1v) is 8.88. The normalized spacial score (nSPS) is 10.1. The molecule has 9 nitrogen and oxygen atoms in total. The summed E-state index contributed by atoms with van der Waals surface area (Å²) in [7, 11) is 0. The molecule has 148 valence electrons. The van der Waals surface area contributed by atoms with E-state index in [-0.39, 0.29) is 28.8 Å². The van der Waals surface area contributed by atoms with Gasteiger partial charge in [0.05, 0.1) is 10.6 Å². The molecule has 0 atom stereocenters. The number of hydrazine groups is 2. The Balaban J connectivity index is 1.65. The van der Waals surface area contributed by atoms with Crippen LogP contribution in [0.1, 0.15) is 26.3 Å². The summed E-state index contributed by atoms with van der Waals surface area (Å²) in [5.41, 5.74) is 18.0. The standard InChI is InChI=1S/C19H18ClN7O2/c1-11-6-2-3-7-12(11)18(28)26-24-16-15(21)17(23-10-22-16)25-27-19(29)13-8-4-5-9-14(13)20/h2-10H,21H2,1H3,(H,26,28)(H,27,29)(H2,22,23,24,25). The van der Waals surface area contributed by atoms with Gasteiger partial charge in [-0.05, 0) is 30.7 Å². The highest BCUT2D eigenvalue weighted by molar-refractivity contribution is 6.33. The minimum absolute atomic E-state index is 0.0945. The van der Waals surface area contributed by atoms with Crippen LogP contribution in [0.4, 0.5) is 17.3 Å². The number of aromatic nitrogens is 2. The fraction of sp³-hybridized carbons (Fsp3) is 0.0526. The first-order valence-electron chi connectivity index (χ1n) is 8.50. The predicted molar refractivity (Wildman–Crippen MR) is 111 cm³/mol. The Morgan fingerprint density at radius 1 is 0.862 bits per heavy atom. The maximum Gasteiger partial charge on any atom is 0.271 e. The highest BCUT2D eigenvalue weighted by atomic mass is 35.5. The Hall–Kier alpha value is -3.85. The molecule has 0 saturated carbocycles. The van der Waals surface area contributed by atoms with Gasteiger partial charge in [-0.25, -0.2) is 9.97 Å². The van der Waals surface area contributed by atoms with E-state index in [0.717, 1.165) is 5.56 Å². The minimum atomic E-state index is -0.462. The van der Waals surface area contributed by atoms with E-state index in [9.17, 15) is 9.59 Å². The molecule has 0 saturated heterocycles. The van der Waals surface area contributed by atoms with Gasteiger partial charge in [0.2, 0.25) is 0 Å². The molecule has 0 spiro atoms. The van der Waals surface area contributed by atoms with Gasteiger partial charge >= 0.3 is 0 Å². The molecule has 3 aromatic rings. The van der Waals surface area contributed by atoms with Crippen LogP contribution in [0, 0.1) is 6.92 Å². The Morgan fingerprint density at radius 3 is 1.97 bits per heavy atom. The molecule has 2 amide bonds. The highest BCUT2D eigenvalue weighted by Crippen LogP contribution is 2.21.